The summed E-state index contributed by atoms with van der Waals surface area (Å²) in [5.41, 5.74) is 1.13. The highest BCUT2D eigenvalue weighted by Gasteiger charge is 2.28. The van der Waals surface area contributed by atoms with Gasteiger partial charge in [-0.15, -0.1) is 0 Å². The van der Waals surface area contributed by atoms with Gasteiger partial charge in [0.2, 0.25) is 0 Å². The van der Waals surface area contributed by atoms with E-state index in [1.807, 2.05) is 42.5 Å². The van der Waals surface area contributed by atoms with Crippen molar-refractivity contribution in [1.29, 1.82) is 0 Å². The first-order valence-corrected chi connectivity index (χ1v) is 8.14. The summed E-state index contributed by atoms with van der Waals surface area (Å²) in [5.74, 6) is 3.27. The minimum absolute atomic E-state index is 0.0177. The summed E-state index contributed by atoms with van der Waals surface area (Å²) in [6.45, 7) is 3.52. The van der Waals surface area contributed by atoms with Gasteiger partial charge in [-0.3, -0.25) is 0 Å². The summed E-state index contributed by atoms with van der Waals surface area (Å²) in [5, 5.41) is 2.24. The number of ether oxygens (including phenoxy) is 4. The molecule has 2 aromatic rings. The van der Waals surface area contributed by atoms with Crippen molar-refractivity contribution >= 4 is 0 Å². The second-order valence-electron chi connectivity index (χ2n) is 5.89. The van der Waals surface area contributed by atoms with Crippen LogP contribution in [0.2, 0.25) is 0 Å². The van der Waals surface area contributed by atoms with Crippen LogP contribution < -0.4 is 24.3 Å². The molecule has 1 aliphatic heterocycles. The van der Waals surface area contributed by atoms with E-state index in [1.165, 1.54) is 0 Å². The predicted molar refractivity (Wildman–Crippen MR) is 91.0 cm³/mol. The van der Waals surface area contributed by atoms with Crippen LogP contribution in [0.25, 0.3) is 0 Å². The maximum Gasteiger partial charge on any atom is 0.184 e. The lowest BCUT2D eigenvalue weighted by Gasteiger charge is -2.29. The standard InChI is InChI=1S/C19H23NO4/c1-13(19-12-23-16-6-4-5-7-17(16)24-19)20-11-14-8-9-15(21-2)10-18(14)22-3/h4-10,13,19-20H,11-12H2,1-3H3/p+1/t13-,19+/m1/s1. The number of quaternary nitrogens is 1. The van der Waals surface area contributed by atoms with Gasteiger partial charge in [0.15, 0.2) is 17.6 Å². The highest BCUT2D eigenvalue weighted by Crippen LogP contribution is 2.31. The van der Waals surface area contributed by atoms with E-state index < -0.39 is 0 Å². The van der Waals surface area contributed by atoms with E-state index in [4.69, 9.17) is 18.9 Å². The van der Waals surface area contributed by atoms with Crippen molar-refractivity contribution < 1.29 is 24.3 Å². The van der Waals surface area contributed by atoms with Gasteiger partial charge in [-0.25, -0.2) is 0 Å². The van der Waals surface area contributed by atoms with Crippen molar-refractivity contribution in [3.63, 3.8) is 0 Å². The van der Waals surface area contributed by atoms with Gasteiger partial charge in [0, 0.05) is 11.6 Å². The summed E-state index contributed by atoms with van der Waals surface area (Å²) in [7, 11) is 3.33. The molecule has 1 heterocycles. The molecule has 24 heavy (non-hydrogen) atoms. The fourth-order valence-electron chi connectivity index (χ4n) is 2.78. The van der Waals surface area contributed by atoms with Crippen LogP contribution in [0.5, 0.6) is 23.0 Å². The number of rotatable bonds is 6. The van der Waals surface area contributed by atoms with Crippen LogP contribution in [-0.2, 0) is 6.54 Å². The molecule has 3 rings (SSSR count). The monoisotopic (exact) mass is 330 g/mol. The third kappa shape index (κ3) is 3.57. The van der Waals surface area contributed by atoms with Gasteiger partial charge in [-0.1, -0.05) is 12.1 Å². The zero-order valence-electron chi connectivity index (χ0n) is 14.3. The van der Waals surface area contributed by atoms with E-state index in [2.05, 4.69) is 12.2 Å². The summed E-state index contributed by atoms with van der Waals surface area (Å²) >= 11 is 0. The van der Waals surface area contributed by atoms with Crippen LogP contribution in [0.1, 0.15) is 12.5 Å². The van der Waals surface area contributed by atoms with Crippen molar-refractivity contribution in [3.05, 3.63) is 48.0 Å². The van der Waals surface area contributed by atoms with Gasteiger partial charge >= 0.3 is 0 Å². The maximum atomic E-state index is 6.07. The molecule has 5 heteroatoms. The fraction of sp³-hybridized carbons (Fsp3) is 0.368. The van der Waals surface area contributed by atoms with E-state index >= 15 is 0 Å². The molecule has 5 nitrogen and oxygen atoms in total. The van der Waals surface area contributed by atoms with Crippen molar-refractivity contribution in [3.8, 4) is 23.0 Å². The number of nitrogens with two attached hydrogens (primary N) is 1. The van der Waals surface area contributed by atoms with E-state index in [0.717, 1.165) is 35.1 Å². The Morgan fingerprint density at radius 1 is 1.12 bits per heavy atom. The van der Waals surface area contributed by atoms with Gasteiger partial charge in [0.1, 0.15) is 30.7 Å². The second-order valence-corrected chi connectivity index (χ2v) is 5.89. The Hall–Kier alpha value is -2.40. The Balaban J connectivity index is 1.61. The first kappa shape index (κ1) is 16.5. The Bertz CT molecular complexity index is 689. The third-order valence-corrected chi connectivity index (χ3v) is 4.32. The van der Waals surface area contributed by atoms with Crippen LogP contribution in [0.3, 0.4) is 0 Å². The van der Waals surface area contributed by atoms with Crippen molar-refractivity contribution in [2.24, 2.45) is 0 Å². The topological polar surface area (TPSA) is 53.5 Å². The molecular weight excluding hydrogens is 306 g/mol. The molecule has 0 bridgehead atoms. The zero-order valence-corrected chi connectivity index (χ0v) is 14.3. The predicted octanol–water partition coefficient (Wildman–Crippen LogP) is 2.00. The van der Waals surface area contributed by atoms with Crippen molar-refractivity contribution in [1.82, 2.24) is 0 Å². The van der Waals surface area contributed by atoms with Crippen LogP contribution in [0.4, 0.5) is 0 Å². The van der Waals surface area contributed by atoms with Crippen molar-refractivity contribution in [2.75, 3.05) is 20.8 Å². The molecule has 0 unspecified atom stereocenters. The molecule has 0 spiro atoms. The van der Waals surface area contributed by atoms with Crippen molar-refractivity contribution in [2.45, 2.75) is 25.6 Å². The highest BCUT2D eigenvalue weighted by molar-refractivity contribution is 5.41. The molecule has 0 aromatic heterocycles. The molecule has 2 aromatic carbocycles. The summed E-state index contributed by atoms with van der Waals surface area (Å²) in [4.78, 5) is 0. The Kier molecular flexibility index (Phi) is 5.11. The lowest BCUT2D eigenvalue weighted by Crippen LogP contribution is -2.91. The van der Waals surface area contributed by atoms with Crippen LogP contribution in [0.15, 0.2) is 42.5 Å². The molecule has 0 fully saturated rings. The number of para-hydroxylation sites is 2. The van der Waals surface area contributed by atoms with Crippen LogP contribution in [-0.4, -0.2) is 33.0 Å². The van der Waals surface area contributed by atoms with Gasteiger partial charge in [0.25, 0.3) is 0 Å². The van der Waals surface area contributed by atoms with Gasteiger partial charge in [-0.05, 0) is 31.2 Å². The molecule has 0 radical (unpaired) electrons. The molecule has 0 aliphatic carbocycles. The SMILES string of the molecule is COc1ccc(C[NH2+][C@H](C)[C@@H]2COc3ccccc3O2)c(OC)c1. The minimum Gasteiger partial charge on any atom is -0.497 e. The van der Waals surface area contributed by atoms with Crippen LogP contribution >= 0.6 is 0 Å². The number of benzene rings is 2. The van der Waals surface area contributed by atoms with Gasteiger partial charge in [-0.2, -0.15) is 0 Å². The van der Waals surface area contributed by atoms with Gasteiger partial charge < -0.3 is 24.3 Å². The third-order valence-electron chi connectivity index (χ3n) is 4.32. The lowest BCUT2D eigenvalue weighted by molar-refractivity contribution is -0.707. The number of methoxy groups -OCH3 is 2. The Morgan fingerprint density at radius 2 is 1.92 bits per heavy atom. The van der Waals surface area contributed by atoms with E-state index in [1.54, 1.807) is 14.2 Å². The molecular formula is C19H24NO4+. The molecule has 0 saturated heterocycles. The van der Waals surface area contributed by atoms with Gasteiger partial charge in [0.05, 0.1) is 14.2 Å². The highest BCUT2D eigenvalue weighted by atomic mass is 16.6. The quantitative estimate of drug-likeness (QED) is 0.880. The first-order chi connectivity index (χ1) is 11.7. The Labute approximate surface area is 142 Å². The zero-order chi connectivity index (χ0) is 16.9. The fourth-order valence-corrected chi connectivity index (χ4v) is 2.78. The minimum atomic E-state index is 0.0177. The lowest BCUT2D eigenvalue weighted by atomic mass is 10.1. The Morgan fingerprint density at radius 3 is 2.67 bits per heavy atom. The van der Waals surface area contributed by atoms with E-state index in [0.29, 0.717) is 6.61 Å². The number of fused-ring (bicyclic) bond motifs is 1. The normalized spacial score (nSPS) is 17.2. The molecule has 0 amide bonds. The first-order valence-electron chi connectivity index (χ1n) is 8.14. The van der Waals surface area contributed by atoms with Crippen LogP contribution in [0, 0.1) is 0 Å². The largest absolute Gasteiger partial charge is 0.497 e. The summed E-state index contributed by atoms with van der Waals surface area (Å²) in [6, 6.07) is 13.9. The second kappa shape index (κ2) is 7.45. The number of hydrogen-bond donors (Lipinski definition) is 1. The summed E-state index contributed by atoms with van der Waals surface area (Å²) in [6.07, 6.45) is 0.0177. The average Bonchev–Trinajstić information content (AvgIpc) is 2.65. The van der Waals surface area contributed by atoms with E-state index in [-0.39, 0.29) is 12.1 Å². The molecule has 2 atom stereocenters. The number of hydrogen-bond acceptors (Lipinski definition) is 4. The summed E-state index contributed by atoms with van der Waals surface area (Å²) < 4.78 is 22.6. The maximum absolute atomic E-state index is 6.07. The molecule has 1 aliphatic rings. The average molecular weight is 330 g/mol. The van der Waals surface area contributed by atoms with E-state index in [9.17, 15) is 0 Å². The molecule has 2 N–H and O–H groups in total. The molecule has 128 valence electrons. The smallest absolute Gasteiger partial charge is 0.184 e. The molecule has 0 saturated carbocycles.